The zero-order chi connectivity index (χ0) is 19.9. The standard InChI is InChI=1S/C21H31N3O4/c1-17-4-6-18(7-5-17)28-16-20(25)23-10-3-9-22(12-13-23)19-8-11-24(21(19)26)14-15-27-2/h4-7,19H,3,8-16H2,1-2H3/t19-/m1/s1. The summed E-state index contributed by atoms with van der Waals surface area (Å²) >= 11 is 0. The summed E-state index contributed by atoms with van der Waals surface area (Å²) in [5, 5.41) is 0. The van der Waals surface area contributed by atoms with Crippen molar-refractivity contribution < 1.29 is 19.1 Å². The van der Waals surface area contributed by atoms with Crippen LogP contribution in [0, 0.1) is 6.92 Å². The molecule has 0 saturated carbocycles. The van der Waals surface area contributed by atoms with E-state index in [4.69, 9.17) is 9.47 Å². The zero-order valence-corrected chi connectivity index (χ0v) is 16.9. The van der Waals surface area contributed by atoms with Crippen LogP contribution >= 0.6 is 0 Å². The molecule has 3 rings (SSSR count). The van der Waals surface area contributed by atoms with Crippen LogP contribution in [-0.4, -0.2) is 92.1 Å². The number of hydrogen-bond acceptors (Lipinski definition) is 5. The number of likely N-dealkylation sites (tertiary alicyclic amines) is 1. The molecule has 2 saturated heterocycles. The first-order valence-corrected chi connectivity index (χ1v) is 10.1. The Labute approximate surface area is 167 Å². The molecule has 0 unspecified atom stereocenters. The van der Waals surface area contributed by atoms with E-state index in [9.17, 15) is 9.59 Å². The van der Waals surface area contributed by atoms with Gasteiger partial charge in [0.25, 0.3) is 5.91 Å². The first-order chi connectivity index (χ1) is 13.6. The molecule has 1 aromatic rings. The minimum atomic E-state index is -0.0595. The Hall–Kier alpha value is -2.12. The quantitative estimate of drug-likeness (QED) is 0.700. The third-order valence-electron chi connectivity index (χ3n) is 5.54. The van der Waals surface area contributed by atoms with E-state index in [1.54, 1.807) is 7.11 Å². The summed E-state index contributed by atoms with van der Waals surface area (Å²) in [6.07, 6.45) is 1.73. The molecular formula is C21H31N3O4. The summed E-state index contributed by atoms with van der Waals surface area (Å²) in [4.78, 5) is 31.2. The van der Waals surface area contributed by atoms with Gasteiger partial charge in [0.05, 0.1) is 12.6 Å². The van der Waals surface area contributed by atoms with Crippen molar-refractivity contribution in [3.05, 3.63) is 29.8 Å². The van der Waals surface area contributed by atoms with Crippen LogP contribution in [0.2, 0.25) is 0 Å². The van der Waals surface area contributed by atoms with Crippen LogP contribution in [-0.2, 0) is 14.3 Å². The molecule has 2 fully saturated rings. The lowest BCUT2D eigenvalue weighted by Gasteiger charge is -2.26. The van der Waals surface area contributed by atoms with Crippen molar-refractivity contribution in [3.63, 3.8) is 0 Å². The summed E-state index contributed by atoms with van der Waals surface area (Å²) in [5.41, 5.74) is 1.16. The maximum absolute atomic E-state index is 12.6. The van der Waals surface area contributed by atoms with Crippen LogP contribution < -0.4 is 4.74 Å². The number of methoxy groups -OCH3 is 1. The molecule has 0 spiro atoms. The molecule has 1 aromatic carbocycles. The number of benzene rings is 1. The lowest BCUT2D eigenvalue weighted by molar-refractivity contribution is -0.133. The smallest absolute Gasteiger partial charge is 0.260 e. The zero-order valence-electron chi connectivity index (χ0n) is 16.9. The van der Waals surface area contributed by atoms with Gasteiger partial charge in [-0.1, -0.05) is 17.7 Å². The molecule has 0 radical (unpaired) electrons. The highest BCUT2D eigenvalue weighted by Crippen LogP contribution is 2.19. The monoisotopic (exact) mass is 389 g/mol. The maximum Gasteiger partial charge on any atom is 0.260 e. The average Bonchev–Trinajstić information content (AvgIpc) is 2.91. The minimum Gasteiger partial charge on any atom is -0.484 e. The predicted octanol–water partition coefficient (Wildman–Crippen LogP) is 1.16. The van der Waals surface area contributed by atoms with Gasteiger partial charge < -0.3 is 19.3 Å². The lowest BCUT2D eigenvalue weighted by Crippen LogP contribution is -2.44. The molecule has 28 heavy (non-hydrogen) atoms. The van der Waals surface area contributed by atoms with E-state index in [2.05, 4.69) is 4.90 Å². The number of ether oxygens (including phenoxy) is 2. The van der Waals surface area contributed by atoms with Gasteiger partial charge in [-0.15, -0.1) is 0 Å². The molecule has 2 amide bonds. The summed E-state index contributed by atoms with van der Waals surface area (Å²) < 4.78 is 10.7. The van der Waals surface area contributed by atoms with Gasteiger partial charge in [-0.3, -0.25) is 14.5 Å². The van der Waals surface area contributed by atoms with Crippen LogP contribution in [0.1, 0.15) is 18.4 Å². The summed E-state index contributed by atoms with van der Waals surface area (Å²) in [6, 6.07) is 7.65. The third kappa shape index (κ3) is 5.23. The van der Waals surface area contributed by atoms with E-state index in [0.717, 1.165) is 38.0 Å². The first-order valence-electron chi connectivity index (χ1n) is 10.1. The molecule has 0 aromatic heterocycles. The second-order valence-electron chi connectivity index (χ2n) is 7.49. The third-order valence-corrected chi connectivity index (χ3v) is 5.54. The van der Waals surface area contributed by atoms with Gasteiger partial charge in [-0.25, -0.2) is 0 Å². The Bertz CT molecular complexity index is 664. The van der Waals surface area contributed by atoms with Gasteiger partial charge in [0.2, 0.25) is 5.91 Å². The number of carbonyl (C=O) groups is 2. The van der Waals surface area contributed by atoms with Crippen LogP contribution in [0.15, 0.2) is 24.3 Å². The van der Waals surface area contributed by atoms with Gasteiger partial charge in [0.15, 0.2) is 6.61 Å². The van der Waals surface area contributed by atoms with E-state index in [1.807, 2.05) is 41.0 Å². The van der Waals surface area contributed by atoms with Gasteiger partial charge in [0, 0.05) is 46.4 Å². The van der Waals surface area contributed by atoms with E-state index in [1.165, 1.54) is 0 Å². The van der Waals surface area contributed by atoms with Gasteiger partial charge >= 0.3 is 0 Å². The van der Waals surface area contributed by atoms with Crippen LogP contribution in [0.4, 0.5) is 0 Å². The normalized spacial score (nSPS) is 21.1. The van der Waals surface area contributed by atoms with Gasteiger partial charge in [0.1, 0.15) is 5.75 Å². The first kappa shape index (κ1) is 20.6. The van der Waals surface area contributed by atoms with Crippen LogP contribution in [0.5, 0.6) is 5.75 Å². The van der Waals surface area contributed by atoms with Crippen molar-refractivity contribution in [2.45, 2.75) is 25.8 Å². The number of rotatable bonds is 7. The molecule has 0 aliphatic carbocycles. The van der Waals surface area contributed by atoms with Gasteiger partial charge in [-0.2, -0.15) is 0 Å². The Morgan fingerprint density at radius 3 is 2.64 bits per heavy atom. The van der Waals surface area contributed by atoms with Crippen molar-refractivity contribution in [3.8, 4) is 5.75 Å². The largest absolute Gasteiger partial charge is 0.484 e. The molecular weight excluding hydrogens is 358 g/mol. The predicted molar refractivity (Wildman–Crippen MR) is 106 cm³/mol. The molecule has 2 aliphatic rings. The maximum atomic E-state index is 12.6. The fraction of sp³-hybridized carbons (Fsp3) is 0.619. The van der Waals surface area contributed by atoms with Crippen molar-refractivity contribution in [2.75, 3.05) is 59.6 Å². The van der Waals surface area contributed by atoms with Crippen LogP contribution in [0.25, 0.3) is 0 Å². The second-order valence-corrected chi connectivity index (χ2v) is 7.49. The number of carbonyl (C=O) groups excluding carboxylic acids is 2. The van der Waals surface area contributed by atoms with Crippen molar-refractivity contribution in [1.29, 1.82) is 0 Å². The van der Waals surface area contributed by atoms with E-state index >= 15 is 0 Å². The Morgan fingerprint density at radius 1 is 1.11 bits per heavy atom. The minimum absolute atomic E-state index is 0.00175. The lowest BCUT2D eigenvalue weighted by atomic mass is 10.2. The number of nitrogens with zero attached hydrogens (tertiary/aromatic N) is 3. The average molecular weight is 389 g/mol. The molecule has 0 N–H and O–H groups in total. The Balaban J connectivity index is 1.47. The van der Waals surface area contributed by atoms with E-state index in [-0.39, 0.29) is 24.5 Å². The fourth-order valence-electron chi connectivity index (χ4n) is 3.85. The molecule has 7 heteroatoms. The molecule has 2 heterocycles. The molecule has 7 nitrogen and oxygen atoms in total. The Morgan fingerprint density at radius 2 is 1.89 bits per heavy atom. The molecule has 154 valence electrons. The van der Waals surface area contributed by atoms with Crippen molar-refractivity contribution in [2.24, 2.45) is 0 Å². The number of aryl methyl sites for hydroxylation is 1. The highest BCUT2D eigenvalue weighted by Gasteiger charge is 2.36. The second kappa shape index (κ2) is 9.89. The van der Waals surface area contributed by atoms with Crippen molar-refractivity contribution >= 4 is 11.8 Å². The molecule has 1 atom stereocenters. The molecule has 0 bridgehead atoms. The summed E-state index contributed by atoms with van der Waals surface area (Å²) in [5.74, 6) is 0.907. The highest BCUT2D eigenvalue weighted by molar-refractivity contribution is 5.84. The number of amides is 2. The summed E-state index contributed by atoms with van der Waals surface area (Å²) in [6.45, 7) is 7.00. The van der Waals surface area contributed by atoms with E-state index < -0.39 is 0 Å². The van der Waals surface area contributed by atoms with Gasteiger partial charge in [-0.05, 0) is 31.9 Å². The SMILES string of the molecule is COCCN1CC[C@@H](N2CCCN(C(=O)COc3ccc(C)cc3)CC2)C1=O. The van der Waals surface area contributed by atoms with Crippen LogP contribution in [0.3, 0.4) is 0 Å². The summed E-state index contributed by atoms with van der Waals surface area (Å²) in [7, 11) is 1.65. The topological polar surface area (TPSA) is 62.3 Å². The number of hydrogen-bond donors (Lipinski definition) is 0. The fourth-order valence-corrected chi connectivity index (χ4v) is 3.85. The highest BCUT2D eigenvalue weighted by atomic mass is 16.5. The van der Waals surface area contributed by atoms with Crippen molar-refractivity contribution in [1.82, 2.24) is 14.7 Å². The Kier molecular flexibility index (Phi) is 7.28. The van der Waals surface area contributed by atoms with E-state index in [0.29, 0.717) is 32.0 Å². The molecule has 2 aliphatic heterocycles.